The third-order valence-corrected chi connectivity index (χ3v) is 4.40. The van der Waals surface area contributed by atoms with Crippen LogP contribution in [0.3, 0.4) is 0 Å². The normalized spacial score (nSPS) is 10.4. The van der Waals surface area contributed by atoms with Gasteiger partial charge in [0.15, 0.2) is 0 Å². The van der Waals surface area contributed by atoms with Gasteiger partial charge >= 0.3 is 5.97 Å². The number of hydrogen-bond donors (Lipinski definition) is 2. The lowest BCUT2D eigenvalue weighted by molar-refractivity contribution is 0.0697. The van der Waals surface area contributed by atoms with E-state index in [2.05, 4.69) is 24.4 Å². The fourth-order valence-electron chi connectivity index (χ4n) is 2.72. The van der Waals surface area contributed by atoms with E-state index in [9.17, 15) is 4.79 Å². The van der Waals surface area contributed by atoms with Gasteiger partial charge in [-0.15, -0.1) is 0 Å². The number of aryl methyl sites for hydroxylation is 1. The Balaban J connectivity index is 1.60. The Labute approximate surface area is 163 Å². The van der Waals surface area contributed by atoms with Crippen LogP contribution in [0, 0.1) is 6.92 Å². The summed E-state index contributed by atoms with van der Waals surface area (Å²) in [5.41, 5.74) is 4.24. The molecular formula is C22H20ClNO3. The summed E-state index contributed by atoms with van der Waals surface area (Å²) in [5.74, 6) is -0.236. The zero-order valence-electron chi connectivity index (χ0n) is 14.9. The lowest BCUT2D eigenvalue weighted by Crippen LogP contribution is -2.02. The van der Waals surface area contributed by atoms with Gasteiger partial charge in [-0.05, 0) is 48.4 Å². The van der Waals surface area contributed by atoms with Gasteiger partial charge < -0.3 is 15.2 Å². The highest BCUT2D eigenvalue weighted by Gasteiger charge is 2.08. The summed E-state index contributed by atoms with van der Waals surface area (Å²) in [4.78, 5) is 11.0. The van der Waals surface area contributed by atoms with Crippen molar-refractivity contribution in [2.24, 2.45) is 0 Å². The fraction of sp³-hybridized carbons (Fsp3) is 0.136. The summed E-state index contributed by atoms with van der Waals surface area (Å²) in [7, 11) is 0. The molecule has 4 nitrogen and oxygen atoms in total. The van der Waals surface area contributed by atoms with Crippen molar-refractivity contribution in [2.75, 3.05) is 5.32 Å². The number of rotatable bonds is 7. The number of hydrogen-bond acceptors (Lipinski definition) is 3. The van der Waals surface area contributed by atoms with Crippen molar-refractivity contribution in [3.8, 4) is 5.75 Å². The van der Waals surface area contributed by atoms with E-state index in [0.717, 1.165) is 22.6 Å². The molecule has 3 aromatic rings. The van der Waals surface area contributed by atoms with Crippen LogP contribution in [0.1, 0.15) is 27.0 Å². The minimum atomic E-state index is -1.04. The van der Waals surface area contributed by atoms with Crippen molar-refractivity contribution < 1.29 is 14.6 Å². The smallest absolute Gasteiger partial charge is 0.337 e. The molecule has 0 radical (unpaired) electrons. The minimum absolute atomic E-state index is 0.0914. The first-order valence-corrected chi connectivity index (χ1v) is 8.93. The number of ether oxygens (including phenoxy) is 1. The number of carbonyl (C=O) groups is 1. The zero-order chi connectivity index (χ0) is 19.2. The average Bonchev–Trinajstić information content (AvgIpc) is 2.65. The van der Waals surface area contributed by atoms with Crippen LogP contribution in [-0.4, -0.2) is 11.1 Å². The Morgan fingerprint density at radius 3 is 2.56 bits per heavy atom. The molecule has 0 atom stereocenters. The molecule has 2 N–H and O–H groups in total. The summed E-state index contributed by atoms with van der Waals surface area (Å²) in [5, 5.41) is 12.5. The van der Waals surface area contributed by atoms with Gasteiger partial charge in [-0.2, -0.15) is 0 Å². The molecule has 0 heterocycles. The van der Waals surface area contributed by atoms with Gasteiger partial charge in [-0.3, -0.25) is 0 Å². The molecule has 0 fully saturated rings. The quantitative estimate of drug-likeness (QED) is 0.564. The van der Waals surface area contributed by atoms with Gasteiger partial charge in [-0.25, -0.2) is 4.79 Å². The zero-order valence-corrected chi connectivity index (χ0v) is 15.7. The topological polar surface area (TPSA) is 58.6 Å². The molecule has 0 spiro atoms. The van der Waals surface area contributed by atoms with Crippen molar-refractivity contribution >= 4 is 23.3 Å². The van der Waals surface area contributed by atoms with E-state index in [-0.39, 0.29) is 10.6 Å². The third-order valence-electron chi connectivity index (χ3n) is 4.08. The van der Waals surface area contributed by atoms with Gasteiger partial charge in [0.05, 0.1) is 10.6 Å². The van der Waals surface area contributed by atoms with Crippen molar-refractivity contribution in [3.63, 3.8) is 0 Å². The Morgan fingerprint density at radius 2 is 1.81 bits per heavy atom. The van der Waals surface area contributed by atoms with Crippen LogP contribution in [0.25, 0.3) is 0 Å². The number of benzene rings is 3. The summed E-state index contributed by atoms with van der Waals surface area (Å²) in [6, 6.07) is 20.9. The monoisotopic (exact) mass is 381 g/mol. The lowest BCUT2D eigenvalue weighted by atomic mass is 10.1. The van der Waals surface area contributed by atoms with E-state index < -0.39 is 5.97 Å². The minimum Gasteiger partial charge on any atom is -0.489 e. The van der Waals surface area contributed by atoms with Gasteiger partial charge in [0, 0.05) is 12.2 Å². The van der Waals surface area contributed by atoms with E-state index in [4.69, 9.17) is 21.4 Å². The molecule has 0 amide bonds. The van der Waals surface area contributed by atoms with Crippen LogP contribution in [0.15, 0.2) is 66.7 Å². The summed E-state index contributed by atoms with van der Waals surface area (Å²) in [6.07, 6.45) is 0. The summed E-state index contributed by atoms with van der Waals surface area (Å²) < 4.78 is 5.89. The largest absolute Gasteiger partial charge is 0.489 e. The van der Waals surface area contributed by atoms with E-state index >= 15 is 0 Å². The second kappa shape index (κ2) is 8.60. The molecule has 0 aliphatic rings. The van der Waals surface area contributed by atoms with Crippen LogP contribution in [-0.2, 0) is 13.2 Å². The first-order valence-electron chi connectivity index (χ1n) is 8.55. The first-order chi connectivity index (χ1) is 13.0. The number of anilines is 1. The highest BCUT2D eigenvalue weighted by Crippen LogP contribution is 2.22. The molecule has 0 unspecified atom stereocenters. The molecule has 0 saturated heterocycles. The molecule has 138 valence electrons. The maximum absolute atomic E-state index is 11.0. The SMILES string of the molecule is Cc1cccc(COc2cccc(CNc3ccc(C(=O)O)c(Cl)c3)c2)c1. The molecule has 3 rings (SSSR count). The number of aromatic carboxylic acids is 1. The first kappa shape index (κ1) is 18.8. The number of carboxylic acids is 1. The summed E-state index contributed by atoms with van der Waals surface area (Å²) >= 11 is 6.00. The highest BCUT2D eigenvalue weighted by atomic mass is 35.5. The predicted molar refractivity (Wildman–Crippen MR) is 108 cm³/mol. The Bertz CT molecular complexity index is 956. The number of halogens is 1. The van der Waals surface area contributed by atoms with E-state index in [1.165, 1.54) is 11.6 Å². The van der Waals surface area contributed by atoms with Crippen molar-refractivity contribution in [1.29, 1.82) is 0 Å². The average molecular weight is 382 g/mol. The van der Waals surface area contributed by atoms with Crippen LogP contribution in [0.2, 0.25) is 5.02 Å². The predicted octanol–water partition coefficient (Wildman–Crippen LogP) is 5.54. The lowest BCUT2D eigenvalue weighted by Gasteiger charge is -2.11. The van der Waals surface area contributed by atoms with Crippen molar-refractivity contribution in [1.82, 2.24) is 0 Å². The molecule has 0 aliphatic carbocycles. The van der Waals surface area contributed by atoms with E-state index in [1.807, 2.05) is 36.4 Å². The molecule has 5 heteroatoms. The second-order valence-electron chi connectivity index (χ2n) is 6.28. The maximum atomic E-state index is 11.0. The van der Waals surface area contributed by atoms with E-state index in [1.54, 1.807) is 12.1 Å². The molecule has 27 heavy (non-hydrogen) atoms. The molecular weight excluding hydrogens is 362 g/mol. The highest BCUT2D eigenvalue weighted by molar-refractivity contribution is 6.33. The van der Waals surface area contributed by atoms with Gasteiger partial charge in [0.1, 0.15) is 12.4 Å². The molecule has 0 bridgehead atoms. The summed E-state index contributed by atoms with van der Waals surface area (Å²) in [6.45, 7) is 3.15. The molecule has 0 aromatic heterocycles. The fourth-order valence-corrected chi connectivity index (χ4v) is 2.98. The van der Waals surface area contributed by atoms with Crippen LogP contribution in [0.4, 0.5) is 5.69 Å². The third kappa shape index (κ3) is 5.25. The Kier molecular flexibility index (Phi) is 5.99. The Morgan fingerprint density at radius 1 is 1.04 bits per heavy atom. The number of nitrogens with one attached hydrogen (secondary N) is 1. The molecule has 3 aromatic carbocycles. The Hall–Kier alpha value is -2.98. The van der Waals surface area contributed by atoms with Gasteiger partial charge in [0.25, 0.3) is 0 Å². The van der Waals surface area contributed by atoms with Crippen molar-refractivity contribution in [3.05, 3.63) is 94.0 Å². The number of carboxylic acid groups (broad SMARTS) is 1. The second-order valence-corrected chi connectivity index (χ2v) is 6.69. The van der Waals surface area contributed by atoms with E-state index in [0.29, 0.717) is 13.2 Å². The maximum Gasteiger partial charge on any atom is 0.337 e. The van der Waals surface area contributed by atoms with Crippen LogP contribution < -0.4 is 10.1 Å². The molecule has 0 aliphatic heterocycles. The standard InChI is InChI=1S/C22H20ClNO3/c1-15-4-2-6-17(10-15)14-27-19-7-3-5-16(11-19)13-24-18-8-9-20(22(25)26)21(23)12-18/h2-12,24H,13-14H2,1H3,(H,25,26). The molecule has 0 saturated carbocycles. The van der Waals surface area contributed by atoms with Gasteiger partial charge in [0.2, 0.25) is 0 Å². The van der Waals surface area contributed by atoms with Crippen molar-refractivity contribution in [2.45, 2.75) is 20.1 Å². The van der Waals surface area contributed by atoms with Crippen LogP contribution >= 0.6 is 11.6 Å². The van der Waals surface area contributed by atoms with Crippen LogP contribution in [0.5, 0.6) is 5.75 Å². The van der Waals surface area contributed by atoms with Gasteiger partial charge in [-0.1, -0.05) is 53.6 Å².